The second-order valence-electron chi connectivity index (χ2n) is 4.08. The van der Waals surface area contributed by atoms with Gasteiger partial charge in [-0.3, -0.25) is 0 Å². The lowest BCUT2D eigenvalue weighted by Gasteiger charge is -2.14. The molecule has 0 unspecified atom stereocenters. The van der Waals surface area contributed by atoms with Crippen molar-refractivity contribution in [2.75, 3.05) is 0 Å². The lowest BCUT2D eigenvalue weighted by Crippen LogP contribution is -2.27. The number of hydrogen-bond donors (Lipinski definition) is 2. The monoisotopic (exact) mass is 256 g/mol. The summed E-state index contributed by atoms with van der Waals surface area (Å²) in [6.07, 6.45) is 2.18. The van der Waals surface area contributed by atoms with E-state index in [1.54, 1.807) is 24.3 Å². The molecule has 1 rings (SSSR count). The maximum absolute atomic E-state index is 11.1. The van der Waals surface area contributed by atoms with Gasteiger partial charge in [-0.2, -0.15) is 0 Å². The molecular formula is C12H20N2O2S. The molecule has 0 heterocycles. The van der Waals surface area contributed by atoms with Gasteiger partial charge in [-0.25, -0.2) is 13.6 Å². The van der Waals surface area contributed by atoms with Gasteiger partial charge in [0.05, 0.1) is 4.90 Å². The van der Waals surface area contributed by atoms with Crippen molar-refractivity contribution >= 4 is 10.0 Å². The molecule has 0 saturated carbocycles. The van der Waals surface area contributed by atoms with E-state index < -0.39 is 10.0 Å². The van der Waals surface area contributed by atoms with Crippen molar-refractivity contribution in [1.82, 2.24) is 5.32 Å². The Morgan fingerprint density at radius 3 is 2.12 bits per heavy atom. The van der Waals surface area contributed by atoms with Crippen molar-refractivity contribution in [3.8, 4) is 0 Å². The Morgan fingerprint density at radius 2 is 1.71 bits per heavy atom. The molecule has 0 radical (unpaired) electrons. The van der Waals surface area contributed by atoms with Crippen LogP contribution in [0.2, 0.25) is 0 Å². The first-order valence-electron chi connectivity index (χ1n) is 5.82. The molecule has 0 aliphatic carbocycles. The molecule has 0 spiro atoms. The maximum atomic E-state index is 11.1. The smallest absolute Gasteiger partial charge is 0.238 e. The molecule has 0 aliphatic rings. The summed E-state index contributed by atoms with van der Waals surface area (Å²) in [6, 6.07) is 7.16. The molecule has 1 aromatic carbocycles. The van der Waals surface area contributed by atoms with Crippen LogP contribution in [0, 0.1) is 0 Å². The molecular weight excluding hydrogens is 236 g/mol. The van der Waals surface area contributed by atoms with E-state index >= 15 is 0 Å². The highest BCUT2D eigenvalue weighted by Crippen LogP contribution is 2.09. The van der Waals surface area contributed by atoms with E-state index in [4.69, 9.17) is 5.14 Å². The number of hydrogen-bond acceptors (Lipinski definition) is 3. The predicted molar refractivity (Wildman–Crippen MR) is 69.0 cm³/mol. The zero-order valence-electron chi connectivity index (χ0n) is 10.3. The SMILES string of the molecule is CCC(CC)NCc1ccc(S(N)(=O)=O)cc1. The standard InChI is InChI=1S/C12H20N2O2S/c1-3-11(4-2)14-9-10-5-7-12(8-6-10)17(13,15)16/h5-8,11,14H,3-4,9H2,1-2H3,(H2,13,15,16). The zero-order valence-corrected chi connectivity index (χ0v) is 11.1. The van der Waals surface area contributed by atoms with E-state index in [1.807, 2.05) is 0 Å². The number of sulfonamides is 1. The summed E-state index contributed by atoms with van der Waals surface area (Å²) in [5.74, 6) is 0. The maximum Gasteiger partial charge on any atom is 0.238 e. The van der Waals surface area contributed by atoms with Crippen molar-refractivity contribution in [2.24, 2.45) is 5.14 Å². The van der Waals surface area contributed by atoms with E-state index in [2.05, 4.69) is 19.2 Å². The van der Waals surface area contributed by atoms with Gasteiger partial charge in [0.25, 0.3) is 0 Å². The zero-order chi connectivity index (χ0) is 12.9. The minimum Gasteiger partial charge on any atom is -0.310 e. The summed E-state index contributed by atoms with van der Waals surface area (Å²) >= 11 is 0. The average molecular weight is 256 g/mol. The van der Waals surface area contributed by atoms with Crippen LogP contribution >= 0.6 is 0 Å². The molecule has 1 aromatic rings. The number of nitrogens with one attached hydrogen (secondary N) is 1. The van der Waals surface area contributed by atoms with Crippen LogP contribution in [0.25, 0.3) is 0 Å². The Morgan fingerprint density at radius 1 is 1.18 bits per heavy atom. The van der Waals surface area contributed by atoms with Crippen LogP contribution in [-0.4, -0.2) is 14.5 Å². The number of nitrogens with two attached hydrogens (primary N) is 1. The molecule has 0 aliphatic heterocycles. The van der Waals surface area contributed by atoms with Gasteiger partial charge in [-0.15, -0.1) is 0 Å². The fraction of sp³-hybridized carbons (Fsp3) is 0.500. The van der Waals surface area contributed by atoms with E-state index in [0.717, 1.165) is 24.9 Å². The molecule has 0 bridgehead atoms. The minimum absolute atomic E-state index is 0.156. The second kappa shape index (κ2) is 6.14. The van der Waals surface area contributed by atoms with Gasteiger partial charge in [0, 0.05) is 12.6 Å². The Bertz CT molecular complexity index is 436. The fourth-order valence-electron chi connectivity index (χ4n) is 1.64. The van der Waals surface area contributed by atoms with E-state index in [-0.39, 0.29) is 4.90 Å². The highest BCUT2D eigenvalue weighted by molar-refractivity contribution is 7.89. The van der Waals surface area contributed by atoms with Crippen molar-refractivity contribution < 1.29 is 8.42 Å². The summed E-state index contributed by atoms with van der Waals surface area (Å²) < 4.78 is 22.1. The van der Waals surface area contributed by atoms with Gasteiger partial charge in [0.1, 0.15) is 0 Å². The number of benzene rings is 1. The third-order valence-electron chi connectivity index (χ3n) is 2.83. The van der Waals surface area contributed by atoms with Crippen molar-refractivity contribution in [1.29, 1.82) is 0 Å². The highest BCUT2D eigenvalue weighted by Gasteiger charge is 2.07. The lowest BCUT2D eigenvalue weighted by atomic mass is 10.1. The molecule has 0 aromatic heterocycles. The van der Waals surface area contributed by atoms with Gasteiger partial charge >= 0.3 is 0 Å². The van der Waals surface area contributed by atoms with Crippen LogP contribution in [0.3, 0.4) is 0 Å². The molecule has 5 heteroatoms. The topological polar surface area (TPSA) is 72.2 Å². The summed E-state index contributed by atoms with van der Waals surface area (Å²) in [7, 11) is -3.58. The largest absolute Gasteiger partial charge is 0.310 e. The number of rotatable bonds is 6. The Labute approximate surface area is 103 Å². The van der Waals surface area contributed by atoms with Crippen molar-refractivity contribution in [3.05, 3.63) is 29.8 Å². The minimum atomic E-state index is -3.58. The molecule has 0 amide bonds. The predicted octanol–water partition coefficient (Wildman–Crippen LogP) is 1.61. The van der Waals surface area contributed by atoms with Gasteiger partial charge in [-0.1, -0.05) is 26.0 Å². The first-order chi connectivity index (χ1) is 7.97. The summed E-state index contributed by atoms with van der Waals surface area (Å²) in [5, 5.41) is 8.44. The fourth-order valence-corrected chi connectivity index (χ4v) is 2.15. The third kappa shape index (κ3) is 4.46. The first kappa shape index (κ1) is 14.2. The summed E-state index contributed by atoms with van der Waals surface area (Å²) in [5.41, 5.74) is 1.06. The van der Waals surface area contributed by atoms with Gasteiger partial charge < -0.3 is 5.32 Å². The van der Waals surface area contributed by atoms with E-state index in [9.17, 15) is 8.42 Å². The van der Waals surface area contributed by atoms with Crippen LogP contribution in [0.15, 0.2) is 29.2 Å². The quantitative estimate of drug-likeness (QED) is 0.812. The molecule has 4 nitrogen and oxygen atoms in total. The average Bonchev–Trinajstić information content (AvgIpc) is 2.30. The van der Waals surface area contributed by atoms with Crippen LogP contribution in [0.4, 0.5) is 0 Å². The Balaban J connectivity index is 2.63. The third-order valence-corrected chi connectivity index (χ3v) is 3.76. The van der Waals surface area contributed by atoms with Gasteiger partial charge in [0.2, 0.25) is 10.0 Å². The molecule has 0 saturated heterocycles. The molecule has 0 fully saturated rings. The van der Waals surface area contributed by atoms with Crippen LogP contribution in [0.5, 0.6) is 0 Å². The highest BCUT2D eigenvalue weighted by atomic mass is 32.2. The van der Waals surface area contributed by atoms with E-state index in [0.29, 0.717) is 6.04 Å². The summed E-state index contributed by atoms with van der Waals surface area (Å²) in [4.78, 5) is 0.156. The normalized spacial score (nSPS) is 12.0. The molecule has 96 valence electrons. The van der Waals surface area contributed by atoms with E-state index in [1.165, 1.54) is 0 Å². The number of primary sulfonamides is 1. The van der Waals surface area contributed by atoms with Crippen molar-refractivity contribution in [3.63, 3.8) is 0 Å². The van der Waals surface area contributed by atoms with Crippen LogP contribution < -0.4 is 10.5 Å². The lowest BCUT2D eigenvalue weighted by molar-refractivity contribution is 0.484. The Hall–Kier alpha value is -0.910. The molecule has 17 heavy (non-hydrogen) atoms. The Kier molecular flexibility index (Phi) is 5.11. The summed E-state index contributed by atoms with van der Waals surface area (Å²) in [6.45, 7) is 5.04. The second-order valence-corrected chi connectivity index (χ2v) is 5.64. The van der Waals surface area contributed by atoms with Crippen LogP contribution in [-0.2, 0) is 16.6 Å². The molecule has 0 atom stereocenters. The van der Waals surface area contributed by atoms with Crippen molar-refractivity contribution in [2.45, 2.75) is 44.2 Å². The van der Waals surface area contributed by atoms with Gasteiger partial charge in [0.15, 0.2) is 0 Å². The van der Waals surface area contributed by atoms with Gasteiger partial charge in [-0.05, 0) is 30.5 Å². The van der Waals surface area contributed by atoms with Crippen LogP contribution in [0.1, 0.15) is 32.3 Å². The first-order valence-corrected chi connectivity index (χ1v) is 7.37. The molecule has 3 N–H and O–H groups in total.